The number of carbonyl (C=O) groups excluding carboxylic acids is 3. The van der Waals surface area contributed by atoms with Crippen LogP contribution in [-0.4, -0.2) is 41.5 Å². The van der Waals surface area contributed by atoms with Gasteiger partial charge in [-0.1, -0.05) is 6.08 Å². The second kappa shape index (κ2) is 14.8. The summed E-state index contributed by atoms with van der Waals surface area (Å²) in [6, 6.07) is 15.8. The van der Waals surface area contributed by atoms with Crippen LogP contribution in [0.5, 0.6) is 17.2 Å². The molecule has 0 radical (unpaired) electrons. The Hall–Kier alpha value is -5.36. The molecule has 47 heavy (non-hydrogen) atoms. The van der Waals surface area contributed by atoms with E-state index in [0.29, 0.717) is 40.9 Å². The number of ether oxygens (including phenoxy) is 3. The molecule has 5 rings (SSSR count). The first-order valence-electron chi connectivity index (χ1n) is 14.8. The standard InChI is InChI=1S/C32H30F2N4O6.C3H6/c1-31(2,44-28(39)17-35)18-42-22-8-9-23-25(16-22)36-14-11-26(23)43-27-10-7-21(15-24(27)34)38-30(41)32(12-13-32)29(40)37-20-5-3-19(33)4-6-20;1-3-2/h3-11,14-16H,12-13,17-18,35H2,1-2H3,(H,37,40)(H,38,41);3H,1H2,2H3. The van der Waals surface area contributed by atoms with Crippen molar-refractivity contribution in [3.63, 3.8) is 0 Å². The largest absolute Gasteiger partial charge is 0.489 e. The van der Waals surface area contributed by atoms with E-state index in [1.807, 2.05) is 6.92 Å². The average molecular weight is 647 g/mol. The van der Waals surface area contributed by atoms with Gasteiger partial charge in [0.25, 0.3) is 0 Å². The number of benzene rings is 3. The van der Waals surface area contributed by atoms with Crippen LogP contribution in [0, 0.1) is 17.0 Å². The van der Waals surface area contributed by atoms with Crippen LogP contribution >= 0.6 is 0 Å². The number of allylic oxidation sites excluding steroid dienone is 1. The van der Waals surface area contributed by atoms with Gasteiger partial charge in [-0.15, -0.1) is 6.58 Å². The highest BCUT2D eigenvalue weighted by Crippen LogP contribution is 2.47. The Morgan fingerprint density at radius 3 is 2.21 bits per heavy atom. The van der Waals surface area contributed by atoms with E-state index in [9.17, 15) is 18.8 Å². The molecule has 1 heterocycles. The number of nitrogens with two attached hydrogens (primary N) is 1. The number of nitrogens with zero attached hydrogens (tertiary/aromatic N) is 1. The molecule has 1 aromatic heterocycles. The topological polar surface area (TPSA) is 142 Å². The predicted octanol–water partition coefficient (Wildman–Crippen LogP) is 6.51. The van der Waals surface area contributed by atoms with E-state index < -0.39 is 40.4 Å². The van der Waals surface area contributed by atoms with Crippen LogP contribution in [0.4, 0.5) is 20.2 Å². The van der Waals surface area contributed by atoms with E-state index in [1.165, 1.54) is 42.6 Å². The summed E-state index contributed by atoms with van der Waals surface area (Å²) in [5.41, 5.74) is 4.16. The first-order valence-corrected chi connectivity index (χ1v) is 14.8. The van der Waals surface area contributed by atoms with Crippen molar-refractivity contribution in [2.24, 2.45) is 11.1 Å². The van der Waals surface area contributed by atoms with Crippen molar-refractivity contribution in [1.29, 1.82) is 0 Å². The zero-order valence-corrected chi connectivity index (χ0v) is 26.3. The number of esters is 1. The molecule has 10 nitrogen and oxygen atoms in total. The number of nitrogens with one attached hydrogen (secondary N) is 2. The third kappa shape index (κ3) is 8.88. The number of halogens is 2. The number of carbonyl (C=O) groups is 3. The lowest BCUT2D eigenvalue weighted by Gasteiger charge is -2.25. The summed E-state index contributed by atoms with van der Waals surface area (Å²) in [6.45, 7) is 8.50. The fourth-order valence-corrected chi connectivity index (χ4v) is 4.41. The van der Waals surface area contributed by atoms with Crippen LogP contribution in [0.3, 0.4) is 0 Å². The van der Waals surface area contributed by atoms with Crippen LogP contribution in [0.25, 0.3) is 10.9 Å². The van der Waals surface area contributed by atoms with Crippen molar-refractivity contribution < 1.29 is 37.4 Å². The van der Waals surface area contributed by atoms with Crippen molar-refractivity contribution in [1.82, 2.24) is 4.98 Å². The summed E-state index contributed by atoms with van der Waals surface area (Å²) in [5, 5.41) is 5.83. The molecule has 0 spiro atoms. The maximum Gasteiger partial charge on any atom is 0.320 e. The molecule has 3 aromatic carbocycles. The zero-order chi connectivity index (χ0) is 34.2. The van der Waals surface area contributed by atoms with Gasteiger partial charge in [0, 0.05) is 35.1 Å². The minimum Gasteiger partial charge on any atom is -0.489 e. The first kappa shape index (κ1) is 34.5. The molecule has 1 saturated carbocycles. The second-order valence-corrected chi connectivity index (χ2v) is 11.4. The van der Waals surface area contributed by atoms with Crippen molar-refractivity contribution in [3.05, 3.63) is 97.2 Å². The van der Waals surface area contributed by atoms with Gasteiger partial charge in [0.05, 0.1) is 12.1 Å². The van der Waals surface area contributed by atoms with Gasteiger partial charge in [-0.25, -0.2) is 8.78 Å². The zero-order valence-electron chi connectivity index (χ0n) is 26.3. The van der Waals surface area contributed by atoms with Crippen LogP contribution < -0.4 is 25.8 Å². The van der Waals surface area contributed by atoms with Gasteiger partial charge in [-0.05, 0) is 88.2 Å². The number of hydrogen-bond donors (Lipinski definition) is 3. The molecule has 0 atom stereocenters. The van der Waals surface area contributed by atoms with Crippen molar-refractivity contribution in [2.75, 3.05) is 23.8 Å². The van der Waals surface area contributed by atoms with E-state index >= 15 is 4.39 Å². The van der Waals surface area contributed by atoms with Gasteiger partial charge in [0.1, 0.15) is 34.9 Å². The highest BCUT2D eigenvalue weighted by atomic mass is 19.1. The van der Waals surface area contributed by atoms with Gasteiger partial charge in [0.15, 0.2) is 11.6 Å². The number of rotatable bonds is 11. The van der Waals surface area contributed by atoms with Crippen molar-refractivity contribution >= 4 is 40.1 Å². The number of hydrogen-bond acceptors (Lipinski definition) is 8. The Balaban J connectivity index is 0.00000160. The van der Waals surface area contributed by atoms with E-state index in [2.05, 4.69) is 22.2 Å². The van der Waals surface area contributed by atoms with Crippen LogP contribution in [-0.2, 0) is 19.1 Å². The minimum absolute atomic E-state index is 0.0780. The number of pyridine rings is 1. The Morgan fingerprint density at radius 2 is 1.60 bits per heavy atom. The Morgan fingerprint density at radius 1 is 0.957 bits per heavy atom. The van der Waals surface area contributed by atoms with Gasteiger partial charge in [0.2, 0.25) is 11.8 Å². The van der Waals surface area contributed by atoms with Crippen LogP contribution in [0.15, 0.2) is 85.6 Å². The Kier molecular flexibility index (Phi) is 10.9. The Labute approximate surface area is 270 Å². The van der Waals surface area contributed by atoms with Gasteiger partial charge in [-0.3, -0.25) is 19.4 Å². The number of fused-ring (bicyclic) bond motifs is 1. The van der Waals surface area contributed by atoms with E-state index in [1.54, 1.807) is 44.2 Å². The highest BCUT2D eigenvalue weighted by molar-refractivity contribution is 6.16. The summed E-state index contributed by atoms with van der Waals surface area (Å²) in [5.74, 6) is -2.08. The molecular formula is C35H36F2N4O6. The summed E-state index contributed by atoms with van der Waals surface area (Å²) in [4.78, 5) is 41.6. The van der Waals surface area contributed by atoms with Crippen LogP contribution in [0.1, 0.15) is 33.6 Å². The number of amides is 2. The molecular weight excluding hydrogens is 610 g/mol. The smallest absolute Gasteiger partial charge is 0.320 e. The Bertz CT molecular complexity index is 1770. The van der Waals surface area contributed by atoms with Gasteiger partial charge >= 0.3 is 5.97 Å². The lowest BCUT2D eigenvalue weighted by atomic mass is 10.0. The maximum absolute atomic E-state index is 15.1. The highest BCUT2D eigenvalue weighted by Gasteiger charge is 2.56. The molecule has 2 amide bonds. The SMILES string of the molecule is C=CC.CC(C)(COc1ccc2c(Oc3ccc(NC(=O)C4(C(=O)Nc5ccc(F)cc5)CC4)cc3F)ccnc2c1)OC(=O)CN. The minimum atomic E-state index is -1.29. The molecule has 1 aliphatic carbocycles. The van der Waals surface area contributed by atoms with Crippen LogP contribution in [0.2, 0.25) is 0 Å². The van der Waals surface area contributed by atoms with Crippen molar-refractivity contribution in [2.45, 2.75) is 39.2 Å². The third-order valence-electron chi connectivity index (χ3n) is 6.95. The third-order valence-corrected chi connectivity index (χ3v) is 6.95. The molecule has 0 unspecified atom stereocenters. The summed E-state index contributed by atoms with van der Waals surface area (Å²) < 4.78 is 45.2. The number of anilines is 2. The fourth-order valence-electron chi connectivity index (χ4n) is 4.41. The fraction of sp³-hybridized carbons (Fsp3) is 0.257. The molecule has 1 fully saturated rings. The summed E-state index contributed by atoms with van der Waals surface area (Å²) in [6.07, 6.45) is 3.92. The molecule has 4 N–H and O–H groups in total. The molecule has 246 valence electrons. The molecule has 0 saturated heterocycles. The monoisotopic (exact) mass is 646 g/mol. The molecule has 0 aliphatic heterocycles. The lowest BCUT2D eigenvalue weighted by Crippen LogP contribution is -2.36. The normalized spacial score (nSPS) is 13.0. The molecule has 12 heteroatoms. The number of aromatic nitrogens is 1. The quantitative estimate of drug-likeness (QED) is 0.0951. The predicted molar refractivity (Wildman–Crippen MR) is 174 cm³/mol. The van der Waals surface area contributed by atoms with Crippen molar-refractivity contribution in [3.8, 4) is 17.2 Å². The maximum atomic E-state index is 15.1. The first-order chi connectivity index (χ1) is 22.4. The lowest BCUT2D eigenvalue weighted by molar-refractivity contribution is -0.157. The second-order valence-electron chi connectivity index (χ2n) is 11.4. The summed E-state index contributed by atoms with van der Waals surface area (Å²) >= 11 is 0. The summed E-state index contributed by atoms with van der Waals surface area (Å²) in [7, 11) is 0. The van der Waals surface area contributed by atoms with Gasteiger partial charge in [-0.2, -0.15) is 0 Å². The van der Waals surface area contributed by atoms with E-state index in [-0.39, 0.29) is 24.6 Å². The van der Waals surface area contributed by atoms with E-state index in [4.69, 9.17) is 19.9 Å². The molecule has 1 aliphatic rings. The molecule has 0 bridgehead atoms. The molecule has 4 aromatic rings. The average Bonchev–Trinajstić information content (AvgIpc) is 3.85. The van der Waals surface area contributed by atoms with Gasteiger partial charge < -0.3 is 30.6 Å². The van der Waals surface area contributed by atoms with E-state index in [0.717, 1.165) is 6.07 Å².